The molecule has 0 fully saturated rings. The zero-order valence-electron chi connectivity index (χ0n) is 14.4. The molecule has 0 aliphatic heterocycles. The summed E-state index contributed by atoms with van der Waals surface area (Å²) in [6.07, 6.45) is 0.477. The van der Waals surface area contributed by atoms with Crippen molar-refractivity contribution in [2.24, 2.45) is 11.7 Å². The fourth-order valence-corrected chi connectivity index (χ4v) is 2.22. The number of hydrogen-bond acceptors (Lipinski definition) is 4. The van der Waals surface area contributed by atoms with Crippen LogP contribution in [0, 0.1) is 5.92 Å². The lowest BCUT2D eigenvalue weighted by atomic mass is 10.1. The van der Waals surface area contributed by atoms with Gasteiger partial charge in [-0.25, -0.2) is 4.79 Å². The maximum Gasteiger partial charge on any atom is 0.410 e. The van der Waals surface area contributed by atoms with Gasteiger partial charge in [-0.05, 0) is 17.9 Å². The summed E-state index contributed by atoms with van der Waals surface area (Å²) in [5, 5.41) is 10.0. The van der Waals surface area contributed by atoms with Crippen molar-refractivity contribution < 1.29 is 14.6 Å². The first kappa shape index (κ1) is 19.5. The summed E-state index contributed by atoms with van der Waals surface area (Å²) < 4.78 is 5.33. The molecule has 23 heavy (non-hydrogen) atoms. The number of rotatable bonds is 9. The zero-order chi connectivity index (χ0) is 17.2. The molecule has 1 aromatic carbocycles. The van der Waals surface area contributed by atoms with Crippen molar-refractivity contribution in [2.75, 3.05) is 13.2 Å². The summed E-state index contributed by atoms with van der Waals surface area (Å²) >= 11 is 0. The zero-order valence-corrected chi connectivity index (χ0v) is 14.4. The Balaban J connectivity index is 2.72. The molecule has 0 spiro atoms. The number of nitrogens with zero attached hydrogens (tertiary/aromatic N) is 1. The van der Waals surface area contributed by atoms with E-state index in [2.05, 4.69) is 0 Å². The van der Waals surface area contributed by atoms with Gasteiger partial charge in [0, 0.05) is 19.1 Å². The number of ether oxygens (including phenoxy) is 1. The summed E-state index contributed by atoms with van der Waals surface area (Å²) in [6, 6.07) is 9.22. The van der Waals surface area contributed by atoms with E-state index >= 15 is 0 Å². The second kappa shape index (κ2) is 10.2. The van der Waals surface area contributed by atoms with Crippen LogP contribution >= 0.6 is 0 Å². The van der Waals surface area contributed by atoms with Gasteiger partial charge in [-0.3, -0.25) is 0 Å². The second-order valence-corrected chi connectivity index (χ2v) is 6.36. The first-order chi connectivity index (χ1) is 10.9. The molecule has 1 rings (SSSR count). The summed E-state index contributed by atoms with van der Waals surface area (Å²) in [5.41, 5.74) is 7.06. The topological polar surface area (TPSA) is 75.8 Å². The third-order valence-corrected chi connectivity index (χ3v) is 3.52. The maximum atomic E-state index is 12.3. The van der Waals surface area contributed by atoms with Crippen LogP contribution in [-0.4, -0.2) is 41.4 Å². The van der Waals surface area contributed by atoms with Gasteiger partial charge in [0.15, 0.2) is 0 Å². The van der Waals surface area contributed by atoms with Crippen LogP contribution in [-0.2, 0) is 11.3 Å². The Kier molecular flexibility index (Phi) is 8.66. The average Bonchev–Trinajstić information content (AvgIpc) is 2.53. The highest BCUT2D eigenvalue weighted by molar-refractivity contribution is 5.67. The predicted octanol–water partition coefficient (Wildman–Crippen LogP) is 2.77. The molecule has 0 aliphatic carbocycles. The predicted molar refractivity (Wildman–Crippen MR) is 91.9 cm³/mol. The van der Waals surface area contributed by atoms with Gasteiger partial charge in [0.05, 0.1) is 12.7 Å². The van der Waals surface area contributed by atoms with E-state index in [1.54, 1.807) is 4.90 Å². The van der Waals surface area contributed by atoms with E-state index in [-0.39, 0.29) is 18.6 Å². The monoisotopic (exact) mass is 322 g/mol. The van der Waals surface area contributed by atoms with Gasteiger partial charge in [0.1, 0.15) is 0 Å². The van der Waals surface area contributed by atoms with Gasteiger partial charge in [-0.1, -0.05) is 57.5 Å². The molecular formula is C18H30N2O3. The number of nitrogens with two attached hydrogens (primary N) is 1. The van der Waals surface area contributed by atoms with Crippen molar-refractivity contribution in [3.63, 3.8) is 0 Å². The molecule has 0 aromatic heterocycles. The largest absolute Gasteiger partial charge is 0.449 e. The Bertz CT molecular complexity index is 451. The van der Waals surface area contributed by atoms with Crippen LogP contribution in [0.25, 0.3) is 0 Å². The van der Waals surface area contributed by atoms with Crippen molar-refractivity contribution in [3.8, 4) is 0 Å². The first-order valence-corrected chi connectivity index (χ1v) is 8.33. The van der Waals surface area contributed by atoms with E-state index in [1.165, 1.54) is 0 Å². The van der Waals surface area contributed by atoms with Crippen LogP contribution in [0.3, 0.4) is 0 Å². The quantitative estimate of drug-likeness (QED) is 0.733. The highest BCUT2D eigenvalue weighted by Gasteiger charge is 2.22. The van der Waals surface area contributed by atoms with Gasteiger partial charge in [0.25, 0.3) is 0 Å². The van der Waals surface area contributed by atoms with E-state index in [9.17, 15) is 9.90 Å². The lowest BCUT2D eigenvalue weighted by Gasteiger charge is -2.28. The minimum atomic E-state index is -0.615. The molecule has 3 N–H and O–H groups in total. The normalized spacial score (nSPS) is 13.7. The maximum absolute atomic E-state index is 12.3. The van der Waals surface area contributed by atoms with Crippen LogP contribution in [0.5, 0.6) is 0 Å². The van der Waals surface area contributed by atoms with Crippen LogP contribution in [0.2, 0.25) is 0 Å². The number of amides is 1. The van der Waals surface area contributed by atoms with Crippen molar-refractivity contribution >= 4 is 6.09 Å². The standard InChI is InChI=1S/C18H30N2O3/c1-4-8-17(21)16(19)12-20(18(22)23-13-14(2)3)11-15-9-6-5-7-10-15/h5-7,9-10,14,16-17,21H,4,8,11-13,19H2,1-3H3/t16-,17-/m0/s1. The molecule has 5 nitrogen and oxygen atoms in total. The summed E-state index contributed by atoms with van der Waals surface area (Å²) in [6.45, 7) is 7.04. The fraction of sp³-hybridized carbons (Fsp3) is 0.611. The lowest BCUT2D eigenvalue weighted by Crippen LogP contribution is -2.47. The van der Waals surface area contributed by atoms with Crippen LogP contribution in [0.15, 0.2) is 30.3 Å². The van der Waals surface area contributed by atoms with Crippen LogP contribution in [0.1, 0.15) is 39.2 Å². The molecule has 0 saturated heterocycles. The van der Waals surface area contributed by atoms with Crippen molar-refractivity contribution in [1.29, 1.82) is 0 Å². The molecule has 130 valence electrons. The molecule has 0 unspecified atom stereocenters. The third kappa shape index (κ3) is 7.48. The first-order valence-electron chi connectivity index (χ1n) is 8.33. The molecule has 0 radical (unpaired) electrons. The number of aliphatic hydroxyl groups is 1. The number of aliphatic hydroxyl groups excluding tert-OH is 1. The smallest absolute Gasteiger partial charge is 0.410 e. The van der Waals surface area contributed by atoms with E-state index in [0.29, 0.717) is 19.6 Å². The van der Waals surface area contributed by atoms with Crippen LogP contribution in [0.4, 0.5) is 4.79 Å². The SMILES string of the molecule is CCC[C@H](O)[C@@H](N)CN(Cc1ccccc1)C(=O)OCC(C)C. The Morgan fingerprint density at radius 1 is 1.30 bits per heavy atom. The molecular weight excluding hydrogens is 292 g/mol. The lowest BCUT2D eigenvalue weighted by molar-refractivity contribution is 0.0717. The highest BCUT2D eigenvalue weighted by atomic mass is 16.6. The number of carbonyl (C=O) groups is 1. The summed E-state index contributed by atoms with van der Waals surface area (Å²) in [4.78, 5) is 13.9. The summed E-state index contributed by atoms with van der Waals surface area (Å²) in [7, 11) is 0. The molecule has 1 aromatic rings. The van der Waals surface area contributed by atoms with Crippen molar-refractivity contribution in [2.45, 2.75) is 52.3 Å². The van der Waals surface area contributed by atoms with Gasteiger partial charge >= 0.3 is 6.09 Å². The van der Waals surface area contributed by atoms with Crippen LogP contribution < -0.4 is 5.73 Å². The van der Waals surface area contributed by atoms with E-state index < -0.39 is 12.1 Å². The van der Waals surface area contributed by atoms with Gasteiger partial charge in [-0.15, -0.1) is 0 Å². The molecule has 1 amide bonds. The van der Waals surface area contributed by atoms with Gasteiger partial charge in [0.2, 0.25) is 0 Å². The molecule has 0 aliphatic rings. The number of benzene rings is 1. The minimum Gasteiger partial charge on any atom is -0.449 e. The van der Waals surface area contributed by atoms with Gasteiger partial charge in [-0.2, -0.15) is 0 Å². The Hall–Kier alpha value is -1.59. The van der Waals surface area contributed by atoms with E-state index in [1.807, 2.05) is 51.1 Å². The number of carbonyl (C=O) groups excluding carboxylic acids is 1. The summed E-state index contributed by atoms with van der Waals surface area (Å²) in [5.74, 6) is 0.275. The Morgan fingerprint density at radius 3 is 2.52 bits per heavy atom. The average molecular weight is 322 g/mol. The third-order valence-electron chi connectivity index (χ3n) is 3.52. The Morgan fingerprint density at radius 2 is 1.96 bits per heavy atom. The van der Waals surface area contributed by atoms with E-state index in [4.69, 9.17) is 10.5 Å². The van der Waals surface area contributed by atoms with E-state index in [0.717, 1.165) is 12.0 Å². The van der Waals surface area contributed by atoms with Crippen molar-refractivity contribution in [1.82, 2.24) is 4.90 Å². The minimum absolute atomic E-state index is 0.271. The van der Waals surface area contributed by atoms with Crippen molar-refractivity contribution in [3.05, 3.63) is 35.9 Å². The second-order valence-electron chi connectivity index (χ2n) is 6.36. The number of hydrogen-bond donors (Lipinski definition) is 2. The molecule has 0 heterocycles. The van der Waals surface area contributed by atoms with Gasteiger partial charge < -0.3 is 20.5 Å². The molecule has 0 bridgehead atoms. The molecule has 2 atom stereocenters. The molecule has 5 heteroatoms. The molecule has 0 saturated carbocycles. The Labute approximate surface area is 139 Å². The fourth-order valence-electron chi connectivity index (χ4n) is 2.22. The highest BCUT2D eigenvalue weighted by Crippen LogP contribution is 2.10.